The molecule has 0 spiro atoms. The molecule has 1 aromatic rings. The summed E-state index contributed by atoms with van der Waals surface area (Å²) in [5.41, 5.74) is 0.759. The van der Waals surface area contributed by atoms with E-state index in [4.69, 9.17) is 0 Å². The topological polar surface area (TPSA) is 29.1 Å². The second-order valence-corrected chi connectivity index (χ2v) is 5.78. The van der Waals surface area contributed by atoms with Crippen LogP contribution >= 0.6 is 22.6 Å². The van der Waals surface area contributed by atoms with Gasteiger partial charge in [0.25, 0.3) is 5.91 Å². The normalized spacial score (nSPS) is 16.9. The second-order valence-electron chi connectivity index (χ2n) is 4.54. The molecule has 1 aliphatic carbocycles. The Bertz CT molecular complexity index is 387. The Kier molecular flexibility index (Phi) is 3.84. The van der Waals surface area contributed by atoms with Crippen molar-refractivity contribution in [2.75, 3.05) is 6.54 Å². The van der Waals surface area contributed by atoms with Crippen LogP contribution in [0.5, 0.6) is 0 Å². The summed E-state index contributed by atoms with van der Waals surface area (Å²) < 4.78 is 1.10. The SMILES string of the molecule is CC(CNC(=O)c1cccc(I)c1)C1CC1. The summed E-state index contributed by atoms with van der Waals surface area (Å²) in [4.78, 5) is 11.8. The first-order valence-corrected chi connectivity index (χ1v) is 6.78. The van der Waals surface area contributed by atoms with Crippen LogP contribution in [0.2, 0.25) is 0 Å². The van der Waals surface area contributed by atoms with Gasteiger partial charge in [0, 0.05) is 15.7 Å². The molecule has 16 heavy (non-hydrogen) atoms. The standard InChI is InChI=1S/C13H16INO/c1-9(10-5-6-10)8-15-13(16)11-3-2-4-12(14)7-11/h2-4,7,9-10H,5-6,8H2,1H3,(H,15,16). The van der Waals surface area contributed by atoms with E-state index in [-0.39, 0.29) is 5.91 Å². The molecule has 0 aliphatic heterocycles. The monoisotopic (exact) mass is 329 g/mol. The van der Waals surface area contributed by atoms with Gasteiger partial charge < -0.3 is 5.32 Å². The summed E-state index contributed by atoms with van der Waals surface area (Å²) in [6, 6.07) is 7.68. The van der Waals surface area contributed by atoms with Gasteiger partial charge in [-0.05, 0) is 65.5 Å². The van der Waals surface area contributed by atoms with E-state index < -0.39 is 0 Å². The Hall–Kier alpha value is -0.580. The number of benzene rings is 1. The van der Waals surface area contributed by atoms with Gasteiger partial charge in [-0.1, -0.05) is 13.0 Å². The summed E-state index contributed by atoms with van der Waals surface area (Å²) in [6.45, 7) is 3.02. The van der Waals surface area contributed by atoms with Gasteiger partial charge in [-0.15, -0.1) is 0 Å². The van der Waals surface area contributed by atoms with Crippen LogP contribution in [-0.4, -0.2) is 12.5 Å². The molecule has 1 amide bonds. The molecule has 1 aromatic carbocycles. The lowest BCUT2D eigenvalue weighted by Gasteiger charge is -2.11. The lowest BCUT2D eigenvalue weighted by molar-refractivity contribution is 0.0946. The third-order valence-electron chi connectivity index (χ3n) is 3.10. The predicted molar refractivity (Wildman–Crippen MR) is 73.4 cm³/mol. The molecule has 0 heterocycles. The molecule has 0 radical (unpaired) electrons. The fourth-order valence-electron chi connectivity index (χ4n) is 1.82. The molecule has 1 saturated carbocycles. The zero-order valence-electron chi connectivity index (χ0n) is 9.37. The summed E-state index contributed by atoms with van der Waals surface area (Å²) >= 11 is 2.22. The van der Waals surface area contributed by atoms with Crippen molar-refractivity contribution in [1.29, 1.82) is 0 Å². The highest BCUT2D eigenvalue weighted by molar-refractivity contribution is 14.1. The van der Waals surface area contributed by atoms with Gasteiger partial charge in [0.2, 0.25) is 0 Å². The molecule has 2 nitrogen and oxygen atoms in total. The second kappa shape index (κ2) is 5.17. The molecule has 1 N–H and O–H groups in total. The highest BCUT2D eigenvalue weighted by atomic mass is 127. The summed E-state index contributed by atoms with van der Waals surface area (Å²) in [5.74, 6) is 1.51. The minimum absolute atomic E-state index is 0.0472. The van der Waals surface area contributed by atoms with E-state index in [0.29, 0.717) is 5.92 Å². The molecule has 2 rings (SSSR count). The molecule has 0 bridgehead atoms. The highest BCUT2D eigenvalue weighted by Gasteiger charge is 2.27. The van der Waals surface area contributed by atoms with Crippen molar-refractivity contribution in [2.45, 2.75) is 19.8 Å². The molecule has 1 aliphatic rings. The van der Waals surface area contributed by atoms with E-state index in [1.807, 2.05) is 24.3 Å². The molecule has 0 saturated heterocycles. The van der Waals surface area contributed by atoms with Crippen LogP contribution in [0.4, 0.5) is 0 Å². The first-order valence-electron chi connectivity index (χ1n) is 5.70. The van der Waals surface area contributed by atoms with Crippen LogP contribution in [-0.2, 0) is 0 Å². The maximum Gasteiger partial charge on any atom is 0.251 e. The number of halogens is 1. The third kappa shape index (κ3) is 3.20. The Labute approximate surface area is 110 Å². The first kappa shape index (κ1) is 11.9. The number of carbonyl (C=O) groups is 1. The minimum Gasteiger partial charge on any atom is -0.352 e. The first-order chi connectivity index (χ1) is 7.66. The smallest absolute Gasteiger partial charge is 0.251 e. The van der Waals surface area contributed by atoms with Crippen molar-refractivity contribution in [1.82, 2.24) is 5.32 Å². The van der Waals surface area contributed by atoms with Crippen molar-refractivity contribution in [2.24, 2.45) is 11.8 Å². The Balaban J connectivity index is 1.87. The number of hydrogen-bond donors (Lipinski definition) is 1. The summed E-state index contributed by atoms with van der Waals surface area (Å²) in [5, 5.41) is 3.00. The zero-order chi connectivity index (χ0) is 11.5. The van der Waals surface area contributed by atoms with E-state index in [1.54, 1.807) is 0 Å². The lowest BCUT2D eigenvalue weighted by atomic mass is 10.1. The van der Waals surface area contributed by atoms with Crippen LogP contribution in [0.15, 0.2) is 24.3 Å². The van der Waals surface area contributed by atoms with Crippen LogP contribution in [0.1, 0.15) is 30.1 Å². The minimum atomic E-state index is 0.0472. The van der Waals surface area contributed by atoms with Gasteiger partial charge in [0.05, 0.1) is 0 Å². The molecule has 0 aromatic heterocycles. The van der Waals surface area contributed by atoms with E-state index >= 15 is 0 Å². The molecule has 1 fully saturated rings. The van der Waals surface area contributed by atoms with Gasteiger partial charge in [-0.3, -0.25) is 4.79 Å². The van der Waals surface area contributed by atoms with Crippen molar-refractivity contribution in [3.05, 3.63) is 33.4 Å². The van der Waals surface area contributed by atoms with Gasteiger partial charge >= 0.3 is 0 Å². The molecular weight excluding hydrogens is 313 g/mol. The number of amides is 1. The fourth-order valence-corrected chi connectivity index (χ4v) is 2.36. The van der Waals surface area contributed by atoms with E-state index in [1.165, 1.54) is 12.8 Å². The van der Waals surface area contributed by atoms with Crippen LogP contribution in [0.3, 0.4) is 0 Å². The van der Waals surface area contributed by atoms with Crippen molar-refractivity contribution in [3.8, 4) is 0 Å². The Morgan fingerprint density at radius 1 is 1.56 bits per heavy atom. The van der Waals surface area contributed by atoms with Gasteiger partial charge in [0.1, 0.15) is 0 Å². The van der Waals surface area contributed by atoms with Crippen LogP contribution < -0.4 is 5.32 Å². The Morgan fingerprint density at radius 3 is 2.94 bits per heavy atom. The third-order valence-corrected chi connectivity index (χ3v) is 3.77. The highest BCUT2D eigenvalue weighted by Crippen LogP contribution is 2.36. The predicted octanol–water partition coefficient (Wildman–Crippen LogP) is 3.07. The molecule has 86 valence electrons. The average Bonchev–Trinajstić information content (AvgIpc) is 3.09. The van der Waals surface area contributed by atoms with Crippen LogP contribution in [0.25, 0.3) is 0 Å². The molecule has 3 heteroatoms. The van der Waals surface area contributed by atoms with Gasteiger partial charge in [-0.25, -0.2) is 0 Å². The quantitative estimate of drug-likeness (QED) is 0.845. The summed E-state index contributed by atoms with van der Waals surface area (Å²) in [6.07, 6.45) is 2.67. The number of rotatable bonds is 4. The average molecular weight is 329 g/mol. The maximum atomic E-state index is 11.8. The van der Waals surface area contributed by atoms with Gasteiger partial charge in [-0.2, -0.15) is 0 Å². The largest absolute Gasteiger partial charge is 0.352 e. The van der Waals surface area contributed by atoms with E-state index in [9.17, 15) is 4.79 Å². The molecule has 1 unspecified atom stereocenters. The van der Waals surface area contributed by atoms with Crippen molar-refractivity contribution < 1.29 is 4.79 Å². The number of carbonyl (C=O) groups excluding carboxylic acids is 1. The number of hydrogen-bond acceptors (Lipinski definition) is 1. The van der Waals surface area contributed by atoms with Crippen molar-refractivity contribution in [3.63, 3.8) is 0 Å². The van der Waals surface area contributed by atoms with Gasteiger partial charge in [0.15, 0.2) is 0 Å². The maximum absolute atomic E-state index is 11.8. The van der Waals surface area contributed by atoms with Crippen LogP contribution in [0, 0.1) is 15.4 Å². The summed E-state index contributed by atoms with van der Waals surface area (Å²) in [7, 11) is 0. The van der Waals surface area contributed by atoms with E-state index in [2.05, 4.69) is 34.8 Å². The Morgan fingerprint density at radius 2 is 2.31 bits per heavy atom. The number of nitrogens with one attached hydrogen (secondary N) is 1. The fraction of sp³-hybridized carbons (Fsp3) is 0.462. The van der Waals surface area contributed by atoms with Crippen molar-refractivity contribution >= 4 is 28.5 Å². The molecule has 1 atom stereocenters. The molecular formula is C13H16INO. The lowest BCUT2D eigenvalue weighted by Crippen LogP contribution is -2.29. The zero-order valence-corrected chi connectivity index (χ0v) is 11.5. The van der Waals surface area contributed by atoms with E-state index in [0.717, 1.165) is 21.6 Å².